The van der Waals surface area contributed by atoms with Crippen LogP contribution in [0.3, 0.4) is 0 Å². The molecule has 0 aromatic rings. The van der Waals surface area contributed by atoms with Gasteiger partial charge < -0.3 is 5.11 Å². The zero-order valence-electron chi connectivity index (χ0n) is 13.6. The number of ketones is 1. The van der Waals surface area contributed by atoms with Gasteiger partial charge in [0.1, 0.15) is 5.78 Å². The molecular formula is C19H30O2. The second kappa shape index (κ2) is 4.57. The van der Waals surface area contributed by atoms with E-state index in [2.05, 4.69) is 13.8 Å². The Kier molecular flexibility index (Phi) is 3.10. The number of aliphatic hydroxyl groups excluding tert-OH is 1. The molecule has 1 N–H and O–H groups in total. The number of carbonyl (C=O) groups excluding carboxylic acids is 1. The van der Waals surface area contributed by atoms with Gasteiger partial charge in [0, 0.05) is 11.8 Å². The third-order valence-corrected chi connectivity index (χ3v) is 8.35. The quantitative estimate of drug-likeness (QED) is 0.733. The Balaban J connectivity index is 1.64. The first-order chi connectivity index (χ1) is 9.95. The molecular weight excluding hydrogens is 260 g/mol. The maximum atomic E-state index is 12.4. The van der Waals surface area contributed by atoms with Crippen LogP contribution in [0.25, 0.3) is 0 Å². The van der Waals surface area contributed by atoms with Crippen LogP contribution in [0.1, 0.15) is 71.6 Å². The molecule has 4 aliphatic rings. The summed E-state index contributed by atoms with van der Waals surface area (Å²) in [7, 11) is 0. The molecule has 2 nitrogen and oxygen atoms in total. The monoisotopic (exact) mass is 290 g/mol. The minimum absolute atomic E-state index is 0.0124. The summed E-state index contributed by atoms with van der Waals surface area (Å²) in [6, 6.07) is 0. The number of aliphatic hydroxyl groups is 1. The smallest absolute Gasteiger partial charge is 0.139 e. The largest absolute Gasteiger partial charge is 0.393 e. The molecule has 0 radical (unpaired) electrons. The van der Waals surface area contributed by atoms with Crippen LogP contribution in [-0.4, -0.2) is 17.0 Å². The van der Waals surface area contributed by atoms with Gasteiger partial charge in [0.15, 0.2) is 0 Å². The average Bonchev–Trinajstić information content (AvgIpc) is 2.76. The second-order valence-corrected chi connectivity index (χ2v) is 9.00. The first-order valence-electron chi connectivity index (χ1n) is 9.16. The number of hydrogen-bond donors (Lipinski definition) is 1. The highest BCUT2D eigenvalue weighted by Gasteiger charge is 2.60. The number of rotatable bonds is 0. The van der Waals surface area contributed by atoms with Gasteiger partial charge in [-0.25, -0.2) is 0 Å². The molecule has 0 aromatic heterocycles. The van der Waals surface area contributed by atoms with E-state index in [1.165, 1.54) is 25.7 Å². The molecule has 4 rings (SSSR count). The first kappa shape index (κ1) is 14.2. The van der Waals surface area contributed by atoms with Crippen molar-refractivity contribution >= 4 is 5.78 Å². The van der Waals surface area contributed by atoms with Crippen LogP contribution >= 0.6 is 0 Å². The molecule has 7 atom stereocenters. The zero-order valence-corrected chi connectivity index (χ0v) is 13.6. The molecule has 4 fully saturated rings. The van der Waals surface area contributed by atoms with Crippen LogP contribution in [0.4, 0.5) is 0 Å². The predicted octanol–water partition coefficient (Wildman–Crippen LogP) is 3.96. The van der Waals surface area contributed by atoms with E-state index in [0.29, 0.717) is 17.1 Å². The predicted molar refractivity (Wildman–Crippen MR) is 82.7 cm³/mol. The second-order valence-electron chi connectivity index (χ2n) is 9.00. The highest BCUT2D eigenvalue weighted by atomic mass is 16.3. The standard InChI is InChI=1S/C19H30O2/c1-18-9-7-13(20)11-12(18)3-4-14-15-5-6-17(21)19(15,2)10-8-16(14)18/h12-16,20H,3-11H2,1-2H3/t12-,13-,14+,15+,16+,18-,19-/m0/s1. The number of hydrogen-bond acceptors (Lipinski definition) is 2. The Labute approximate surface area is 128 Å². The zero-order chi connectivity index (χ0) is 14.8. The summed E-state index contributed by atoms with van der Waals surface area (Å²) >= 11 is 0. The maximum absolute atomic E-state index is 12.4. The van der Waals surface area contributed by atoms with Crippen molar-refractivity contribution < 1.29 is 9.90 Å². The van der Waals surface area contributed by atoms with Crippen molar-refractivity contribution in [3.63, 3.8) is 0 Å². The third kappa shape index (κ3) is 1.84. The Morgan fingerprint density at radius 1 is 1.00 bits per heavy atom. The van der Waals surface area contributed by atoms with Crippen LogP contribution in [0.2, 0.25) is 0 Å². The lowest BCUT2D eigenvalue weighted by atomic mass is 9.45. The molecule has 0 bridgehead atoms. The Morgan fingerprint density at radius 2 is 1.81 bits per heavy atom. The summed E-state index contributed by atoms with van der Waals surface area (Å²) in [5, 5.41) is 10.0. The van der Waals surface area contributed by atoms with Crippen LogP contribution in [0.15, 0.2) is 0 Å². The van der Waals surface area contributed by atoms with Gasteiger partial charge in [0.2, 0.25) is 0 Å². The van der Waals surface area contributed by atoms with E-state index >= 15 is 0 Å². The Morgan fingerprint density at radius 3 is 2.62 bits per heavy atom. The van der Waals surface area contributed by atoms with Gasteiger partial charge in [-0.3, -0.25) is 4.79 Å². The van der Waals surface area contributed by atoms with Gasteiger partial charge in [-0.05, 0) is 80.5 Å². The van der Waals surface area contributed by atoms with Gasteiger partial charge in [0.05, 0.1) is 6.10 Å². The van der Waals surface area contributed by atoms with E-state index < -0.39 is 0 Å². The number of Topliss-reactive ketones (excluding diaryl/α,β-unsaturated/α-hetero) is 1. The lowest BCUT2D eigenvalue weighted by molar-refractivity contribution is -0.142. The first-order valence-corrected chi connectivity index (χ1v) is 9.16. The van der Waals surface area contributed by atoms with Crippen molar-refractivity contribution in [2.24, 2.45) is 34.5 Å². The summed E-state index contributed by atoms with van der Waals surface area (Å²) < 4.78 is 0. The van der Waals surface area contributed by atoms with E-state index in [1.807, 2.05) is 0 Å². The molecule has 2 heteroatoms. The fourth-order valence-corrected chi connectivity index (χ4v) is 7.01. The Hall–Kier alpha value is -0.370. The van der Waals surface area contributed by atoms with Crippen molar-refractivity contribution in [1.29, 1.82) is 0 Å². The molecule has 0 aromatic carbocycles. The lowest BCUT2D eigenvalue weighted by Gasteiger charge is -2.60. The summed E-state index contributed by atoms with van der Waals surface area (Å²) in [5.41, 5.74) is 0.452. The topological polar surface area (TPSA) is 37.3 Å². The van der Waals surface area contributed by atoms with Gasteiger partial charge in [0.25, 0.3) is 0 Å². The van der Waals surface area contributed by atoms with Crippen LogP contribution in [0.5, 0.6) is 0 Å². The van der Waals surface area contributed by atoms with E-state index in [-0.39, 0.29) is 11.5 Å². The van der Waals surface area contributed by atoms with Crippen molar-refractivity contribution in [2.45, 2.75) is 77.7 Å². The molecule has 0 spiro atoms. The highest BCUT2D eigenvalue weighted by Crippen LogP contribution is 2.65. The molecule has 0 unspecified atom stereocenters. The van der Waals surface area contributed by atoms with Crippen molar-refractivity contribution in [3.8, 4) is 0 Å². The van der Waals surface area contributed by atoms with Crippen molar-refractivity contribution in [2.75, 3.05) is 0 Å². The maximum Gasteiger partial charge on any atom is 0.139 e. The third-order valence-electron chi connectivity index (χ3n) is 8.35. The van der Waals surface area contributed by atoms with E-state index in [0.717, 1.165) is 49.9 Å². The van der Waals surface area contributed by atoms with E-state index in [1.54, 1.807) is 0 Å². The fraction of sp³-hybridized carbons (Fsp3) is 0.947. The van der Waals surface area contributed by atoms with Crippen LogP contribution < -0.4 is 0 Å². The molecule has 118 valence electrons. The minimum Gasteiger partial charge on any atom is -0.393 e. The lowest BCUT2D eigenvalue weighted by Crippen LogP contribution is -2.54. The molecule has 21 heavy (non-hydrogen) atoms. The minimum atomic E-state index is -0.0541. The molecule has 4 aliphatic carbocycles. The van der Waals surface area contributed by atoms with Crippen LogP contribution in [-0.2, 0) is 4.79 Å². The summed E-state index contributed by atoms with van der Waals surface area (Å²) in [5.74, 6) is 3.54. The molecule has 4 saturated carbocycles. The van der Waals surface area contributed by atoms with Gasteiger partial charge >= 0.3 is 0 Å². The SMILES string of the molecule is C[C@]12CC[C@H](O)C[C@@H]1CC[C@H]1[C@H]2CC[C@]2(C)C(=O)CC[C@H]12. The average molecular weight is 290 g/mol. The molecule has 0 heterocycles. The Bertz CT molecular complexity index is 458. The number of fused-ring (bicyclic) bond motifs is 5. The number of carbonyl (C=O) groups is 1. The molecule has 0 saturated heterocycles. The molecule has 0 aliphatic heterocycles. The molecule has 0 amide bonds. The van der Waals surface area contributed by atoms with Gasteiger partial charge in [-0.15, -0.1) is 0 Å². The van der Waals surface area contributed by atoms with Crippen LogP contribution in [0, 0.1) is 34.5 Å². The van der Waals surface area contributed by atoms with Gasteiger partial charge in [-0.2, -0.15) is 0 Å². The highest BCUT2D eigenvalue weighted by molar-refractivity contribution is 5.87. The van der Waals surface area contributed by atoms with Crippen molar-refractivity contribution in [1.82, 2.24) is 0 Å². The normalized spacial score (nSPS) is 56.5. The van der Waals surface area contributed by atoms with Gasteiger partial charge in [-0.1, -0.05) is 13.8 Å². The summed E-state index contributed by atoms with van der Waals surface area (Å²) in [6.45, 7) is 4.78. The van der Waals surface area contributed by atoms with E-state index in [4.69, 9.17) is 0 Å². The van der Waals surface area contributed by atoms with Crippen molar-refractivity contribution in [3.05, 3.63) is 0 Å². The summed E-state index contributed by atoms with van der Waals surface area (Å²) in [4.78, 5) is 12.4. The fourth-order valence-electron chi connectivity index (χ4n) is 7.01. The summed E-state index contributed by atoms with van der Waals surface area (Å²) in [6.07, 6.45) is 10.1. The van der Waals surface area contributed by atoms with E-state index in [9.17, 15) is 9.90 Å².